The summed E-state index contributed by atoms with van der Waals surface area (Å²) in [6.45, 7) is 5.68. The SMILES string of the molecule is CC(C)=Nc1c(C)cccc1C(N)=O. The number of hydrogen-bond donors (Lipinski definition) is 1. The molecule has 0 heterocycles. The number of rotatable bonds is 2. The Labute approximate surface area is 83.7 Å². The number of carbonyl (C=O) groups excluding carboxylic acids is 1. The van der Waals surface area contributed by atoms with Crippen molar-refractivity contribution in [2.75, 3.05) is 0 Å². The lowest BCUT2D eigenvalue weighted by Gasteiger charge is -2.05. The molecule has 74 valence electrons. The molecule has 1 amide bonds. The summed E-state index contributed by atoms with van der Waals surface area (Å²) in [6, 6.07) is 5.41. The molecule has 3 nitrogen and oxygen atoms in total. The first-order chi connectivity index (χ1) is 6.52. The van der Waals surface area contributed by atoms with Crippen molar-refractivity contribution >= 4 is 17.3 Å². The van der Waals surface area contributed by atoms with E-state index < -0.39 is 5.91 Å². The minimum Gasteiger partial charge on any atom is -0.366 e. The highest BCUT2D eigenvalue weighted by Crippen LogP contribution is 2.23. The maximum absolute atomic E-state index is 11.1. The zero-order valence-corrected chi connectivity index (χ0v) is 8.66. The van der Waals surface area contributed by atoms with Crippen molar-refractivity contribution in [3.63, 3.8) is 0 Å². The quantitative estimate of drug-likeness (QED) is 0.714. The molecular formula is C11H14N2O. The summed E-state index contributed by atoms with van der Waals surface area (Å²) in [7, 11) is 0. The van der Waals surface area contributed by atoms with Crippen LogP contribution in [0, 0.1) is 6.92 Å². The molecule has 0 unspecified atom stereocenters. The van der Waals surface area contributed by atoms with Gasteiger partial charge in [-0.05, 0) is 32.4 Å². The lowest BCUT2D eigenvalue weighted by atomic mass is 10.1. The van der Waals surface area contributed by atoms with Crippen molar-refractivity contribution in [1.29, 1.82) is 0 Å². The molecule has 0 bridgehead atoms. The van der Waals surface area contributed by atoms with Crippen molar-refractivity contribution in [2.45, 2.75) is 20.8 Å². The highest BCUT2D eigenvalue weighted by atomic mass is 16.1. The third-order valence-electron chi connectivity index (χ3n) is 1.84. The number of nitrogens with two attached hydrogens (primary N) is 1. The summed E-state index contributed by atoms with van der Waals surface area (Å²) < 4.78 is 0. The second-order valence-electron chi connectivity index (χ2n) is 3.39. The van der Waals surface area contributed by atoms with Crippen LogP contribution in [0.5, 0.6) is 0 Å². The smallest absolute Gasteiger partial charge is 0.250 e. The van der Waals surface area contributed by atoms with Crippen LogP contribution in [0.3, 0.4) is 0 Å². The molecule has 0 spiro atoms. The predicted octanol–water partition coefficient (Wildman–Crippen LogP) is 2.21. The average Bonchev–Trinajstić information content (AvgIpc) is 2.07. The van der Waals surface area contributed by atoms with Crippen molar-refractivity contribution in [1.82, 2.24) is 0 Å². The molecule has 1 aromatic rings. The zero-order chi connectivity index (χ0) is 10.7. The molecule has 0 aliphatic rings. The maximum atomic E-state index is 11.1. The number of aliphatic imine (C=N–C) groups is 1. The van der Waals surface area contributed by atoms with Crippen LogP contribution in [-0.2, 0) is 0 Å². The van der Waals surface area contributed by atoms with Crippen LogP contribution in [-0.4, -0.2) is 11.6 Å². The van der Waals surface area contributed by atoms with E-state index in [-0.39, 0.29) is 0 Å². The van der Waals surface area contributed by atoms with E-state index in [1.807, 2.05) is 26.8 Å². The molecule has 1 aromatic carbocycles. The molecule has 0 saturated heterocycles. The van der Waals surface area contributed by atoms with Crippen molar-refractivity contribution in [3.8, 4) is 0 Å². The minimum atomic E-state index is -0.436. The molecule has 1 rings (SSSR count). The summed E-state index contributed by atoms with van der Waals surface area (Å²) >= 11 is 0. The third kappa shape index (κ3) is 2.19. The first-order valence-electron chi connectivity index (χ1n) is 4.43. The third-order valence-corrected chi connectivity index (χ3v) is 1.84. The Morgan fingerprint density at radius 3 is 2.50 bits per heavy atom. The van der Waals surface area contributed by atoms with Crippen LogP contribution in [0.15, 0.2) is 23.2 Å². The van der Waals surface area contributed by atoms with Crippen LogP contribution >= 0.6 is 0 Å². The van der Waals surface area contributed by atoms with Gasteiger partial charge < -0.3 is 5.73 Å². The normalized spacial score (nSPS) is 9.64. The number of primary amides is 1. The molecule has 0 atom stereocenters. The zero-order valence-electron chi connectivity index (χ0n) is 8.66. The summed E-state index contributed by atoms with van der Waals surface area (Å²) in [5.74, 6) is -0.436. The van der Waals surface area contributed by atoms with Crippen LogP contribution < -0.4 is 5.73 Å². The first kappa shape index (κ1) is 10.4. The molecule has 2 N–H and O–H groups in total. The molecule has 0 aromatic heterocycles. The number of carbonyl (C=O) groups is 1. The van der Waals surface area contributed by atoms with Crippen LogP contribution in [0.25, 0.3) is 0 Å². The van der Waals surface area contributed by atoms with E-state index in [9.17, 15) is 4.79 Å². The number of hydrogen-bond acceptors (Lipinski definition) is 2. The van der Waals surface area contributed by atoms with Gasteiger partial charge in [0, 0.05) is 5.71 Å². The average molecular weight is 190 g/mol. The summed E-state index contributed by atoms with van der Waals surface area (Å²) in [5, 5.41) is 0. The summed E-state index contributed by atoms with van der Waals surface area (Å²) in [5.41, 5.74) is 8.27. The standard InChI is InChI=1S/C11H14N2O/c1-7(2)13-10-8(3)5-4-6-9(10)11(12)14/h4-6H,1-3H3,(H2,12,14). The van der Waals surface area contributed by atoms with Crippen LogP contribution in [0.4, 0.5) is 5.69 Å². The van der Waals surface area contributed by atoms with Gasteiger partial charge in [0.1, 0.15) is 0 Å². The monoisotopic (exact) mass is 190 g/mol. The van der Waals surface area contributed by atoms with Crippen molar-refractivity contribution in [2.24, 2.45) is 10.7 Å². The van der Waals surface area contributed by atoms with Crippen LogP contribution in [0.1, 0.15) is 29.8 Å². The molecule has 0 saturated carbocycles. The Balaban J connectivity index is 3.37. The maximum Gasteiger partial charge on any atom is 0.250 e. The van der Waals surface area contributed by atoms with E-state index in [2.05, 4.69) is 4.99 Å². The predicted molar refractivity (Wildman–Crippen MR) is 58.1 cm³/mol. The fraction of sp³-hybridized carbons (Fsp3) is 0.273. The Morgan fingerprint density at radius 1 is 1.36 bits per heavy atom. The largest absolute Gasteiger partial charge is 0.366 e. The van der Waals surface area contributed by atoms with Gasteiger partial charge in [0.15, 0.2) is 0 Å². The number of aryl methyl sites for hydroxylation is 1. The Kier molecular flexibility index (Phi) is 3.02. The second kappa shape index (κ2) is 4.05. The Morgan fingerprint density at radius 2 is 2.00 bits per heavy atom. The topological polar surface area (TPSA) is 55.4 Å². The highest BCUT2D eigenvalue weighted by Gasteiger charge is 2.08. The molecular weight excluding hydrogens is 176 g/mol. The molecule has 0 radical (unpaired) electrons. The number of amides is 1. The molecule has 3 heteroatoms. The van der Waals surface area contributed by atoms with E-state index in [1.165, 1.54) is 0 Å². The van der Waals surface area contributed by atoms with Crippen molar-refractivity contribution < 1.29 is 4.79 Å². The van der Waals surface area contributed by atoms with E-state index in [0.717, 1.165) is 11.3 Å². The molecule has 0 aliphatic heterocycles. The fourth-order valence-electron chi connectivity index (χ4n) is 1.23. The van der Waals surface area contributed by atoms with Gasteiger partial charge in [-0.2, -0.15) is 0 Å². The number of benzene rings is 1. The van der Waals surface area contributed by atoms with E-state index in [1.54, 1.807) is 12.1 Å². The Hall–Kier alpha value is -1.64. The number of nitrogens with zero attached hydrogens (tertiary/aromatic N) is 1. The Bertz CT molecular complexity index is 390. The summed E-state index contributed by atoms with van der Waals surface area (Å²) in [6.07, 6.45) is 0. The van der Waals surface area contributed by atoms with Gasteiger partial charge in [0.2, 0.25) is 0 Å². The van der Waals surface area contributed by atoms with E-state index in [0.29, 0.717) is 11.3 Å². The highest BCUT2D eigenvalue weighted by molar-refractivity contribution is 5.99. The van der Waals surface area contributed by atoms with Gasteiger partial charge in [-0.15, -0.1) is 0 Å². The van der Waals surface area contributed by atoms with Gasteiger partial charge >= 0.3 is 0 Å². The van der Waals surface area contributed by atoms with Gasteiger partial charge in [-0.25, -0.2) is 0 Å². The van der Waals surface area contributed by atoms with E-state index in [4.69, 9.17) is 5.73 Å². The van der Waals surface area contributed by atoms with E-state index >= 15 is 0 Å². The molecule has 0 aliphatic carbocycles. The lowest BCUT2D eigenvalue weighted by Crippen LogP contribution is -2.11. The minimum absolute atomic E-state index is 0.436. The second-order valence-corrected chi connectivity index (χ2v) is 3.39. The van der Waals surface area contributed by atoms with Crippen LogP contribution in [0.2, 0.25) is 0 Å². The number of para-hydroxylation sites is 1. The van der Waals surface area contributed by atoms with Crippen molar-refractivity contribution in [3.05, 3.63) is 29.3 Å². The molecule has 0 fully saturated rings. The van der Waals surface area contributed by atoms with Gasteiger partial charge in [-0.1, -0.05) is 12.1 Å². The first-order valence-corrected chi connectivity index (χ1v) is 4.43. The summed E-state index contributed by atoms with van der Waals surface area (Å²) in [4.78, 5) is 15.4. The van der Waals surface area contributed by atoms with Gasteiger partial charge in [0.25, 0.3) is 5.91 Å². The van der Waals surface area contributed by atoms with Gasteiger partial charge in [-0.3, -0.25) is 9.79 Å². The van der Waals surface area contributed by atoms with Gasteiger partial charge in [0.05, 0.1) is 11.3 Å². The lowest BCUT2D eigenvalue weighted by molar-refractivity contribution is 0.100. The molecule has 14 heavy (non-hydrogen) atoms. The fourth-order valence-corrected chi connectivity index (χ4v) is 1.23.